The standard InChI is InChI=1S/C14H15BrFNS/c1-3-17-14(12-6-7-13(15)18-12)10-8-9(2)4-5-11(10)16/h4-8,14,17H,3H2,1-2H3. The van der Waals surface area contributed by atoms with Gasteiger partial charge in [-0.05, 0) is 47.6 Å². The number of hydrogen-bond donors (Lipinski definition) is 1. The Hall–Kier alpha value is -0.710. The van der Waals surface area contributed by atoms with Crippen LogP contribution >= 0.6 is 27.3 Å². The van der Waals surface area contributed by atoms with Crippen molar-refractivity contribution in [2.24, 2.45) is 0 Å². The van der Waals surface area contributed by atoms with Crippen molar-refractivity contribution in [3.8, 4) is 0 Å². The maximum atomic E-state index is 14.0. The quantitative estimate of drug-likeness (QED) is 0.861. The first kappa shape index (κ1) is 13.7. The molecule has 1 atom stereocenters. The van der Waals surface area contributed by atoms with Gasteiger partial charge in [-0.1, -0.05) is 24.6 Å². The van der Waals surface area contributed by atoms with Gasteiger partial charge < -0.3 is 5.32 Å². The van der Waals surface area contributed by atoms with Gasteiger partial charge in [0, 0.05) is 10.4 Å². The Kier molecular flexibility index (Phi) is 4.54. The van der Waals surface area contributed by atoms with E-state index < -0.39 is 0 Å². The molecule has 0 fully saturated rings. The second-order valence-electron chi connectivity index (χ2n) is 4.16. The summed E-state index contributed by atoms with van der Waals surface area (Å²) in [6.45, 7) is 4.81. The highest BCUT2D eigenvalue weighted by atomic mass is 79.9. The summed E-state index contributed by atoms with van der Waals surface area (Å²) in [6.07, 6.45) is 0. The Morgan fingerprint density at radius 2 is 2.11 bits per heavy atom. The molecular weight excluding hydrogens is 313 g/mol. The lowest BCUT2D eigenvalue weighted by molar-refractivity contribution is 0.562. The van der Waals surface area contributed by atoms with Crippen molar-refractivity contribution in [2.75, 3.05) is 6.54 Å². The van der Waals surface area contributed by atoms with E-state index in [2.05, 4.69) is 21.2 Å². The molecule has 0 bridgehead atoms. The Bertz CT molecular complexity index is 538. The highest BCUT2D eigenvalue weighted by molar-refractivity contribution is 9.11. The van der Waals surface area contributed by atoms with Crippen LogP contribution in [0.5, 0.6) is 0 Å². The highest BCUT2D eigenvalue weighted by Gasteiger charge is 2.18. The fraction of sp³-hybridized carbons (Fsp3) is 0.286. The van der Waals surface area contributed by atoms with Crippen LogP contribution in [0.4, 0.5) is 4.39 Å². The van der Waals surface area contributed by atoms with Gasteiger partial charge in [-0.2, -0.15) is 0 Å². The van der Waals surface area contributed by atoms with E-state index in [0.29, 0.717) is 5.56 Å². The van der Waals surface area contributed by atoms with Crippen LogP contribution in [0, 0.1) is 12.7 Å². The third-order valence-electron chi connectivity index (χ3n) is 2.75. The van der Waals surface area contributed by atoms with Gasteiger partial charge in [-0.25, -0.2) is 4.39 Å². The maximum absolute atomic E-state index is 14.0. The molecule has 0 aliphatic rings. The number of aryl methyl sites for hydroxylation is 1. The molecule has 0 spiro atoms. The smallest absolute Gasteiger partial charge is 0.128 e. The van der Waals surface area contributed by atoms with E-state index in [4.69, 9.17) is 0 Å². The van der Waals surface area contributed by atoms with Gasteiger partial charge in [0.05, 0.1) is 9.83 Å². The first-order valence-corrected chi connectivity index (χ1v) is 7.47. The Labute approximate surface area is 119 Å². The minimum atomic E-state index is -0.156. The van der Waals surface area contributed by atoms with Crippen LogP contribution in [0.2, 0.25) is 0 Å². The van der Waals surface area contributed by atoms with Crippen molar-refractivity contribution < 1.29 is 4.39 Å². The fourth-order valence-electron chi connectivity index (χ4n) is 1.94. The van der Waals surface area contributed by atoms with E-state index in [9.17, 15) is 4.39 Å². The minimum Gasteiger partial charge on any atom is -0.306 e. The van der Waals surface area contributed by atoms with Gasteiger partial charge >= 0.3 is 0 Å². The van der Waals surface area contributed by atoms with Crippen molar-refractivity contribution >= 4 is 27.3 Å². The molecule has 0 aliphatic carbocycles. The molecule has 1 N–H and O–H groups in total. The summed E-state index contributed by atoms with van der Waals surface area (Å²) in [5.74, 6) is -0.156. The topological polar surface area (TPSA) is 12.0 Å². The number of benzene rings is 1. The third kappa shape index (κ3) is 2.99. The zero-order valence-corrected chi connectivity index (χ0v) is 12.7. The van der Waals surface area contributed by atoms with E-state index >= 15 is 0 Å². The van der Waals surface area contributed by atoms with E-state index in [1.807, 2.05) is 32.0 Å². The number of thiophene rings is 1. The maximum Gasteiger partial charge on any atom is 0.128 e. The van der Waals surface area contributed by atoms with Gasteiger partial charge in [-0.3, -0.25) is 0 Å². The molecule has 0 saturated heterocycles. The summed E-state index contributed by atoms with van der Waals surface area (Å²) >= 11 is 5.09. The molecule has 18 heavy (non-hydrogen) atoms. The van der Waals surface area contributed by atoms with Crippen molar-refractivity contribution in [3.63, 3.8) is 0 Å². The summed E-state index contributed by atoms with van der Waals surface area (Å²) in [6, 6.07) is 9.20. The van der Waals surface area contributed by atoms with Crippen molar-refractivity contribution in [1.82, 2.24) is 5.32 Å². The second-order valence-corrected chi connectivity index (χ2v) is 6.65. The van der Waals surface area contributed by atoms with Crippen LogP contribution in [0.25, 0.3) is 0 Å². The van der Waals surface area contributed by atoms with Crippen LogP contribution in [-0.2, 0) is 0 Å². The summed E-state index contributed by atoms with van der Waals surface area (Å²) < 4.78 is 15.1. The molecule has 1 unspecified atom stereocenters. The van der Waals surface area contributed by atoms with E-state index in [0.717, 1.165) is 20.8 Å². The molecule has 0 radical (unpaired) electrons. The first-order valence-electron chi connectivity index (χ1n) is 5.86. The van der Waals surface area contributed by atoms with Crippen LogP contribution in [0.15, 0.2) is 34.1 Å². The molecule has 0 amide bonds. The Balaban J connectivity index is 2.44. The Morgan fingerprint density at radius 3 is 2.72 bits per heavy atom. The van der Waals surface area contributed by atoms with Crippen molar-refractivity contribution in [3.05, 3.63) is 55.9 Å². The summed E-state index contributed by atoms with van der Waals surface area (Å²) in [5.41, 5.74) is 1.79. The third-order valence-corrected chi connectivity index (χ3v) is 4.44. The highest BCUT2D eigenvalue weighted by Crippen LogP contribution is 2.32. The summed E-state index contributed by atoms with van der Waals surface area (Å²) in [7, 11) is 0. The molecule has 1 nitrogen and oxygen atoms in total. The van der Waals surface area contributed by atoms with Gasteiger partial charge in [0.25, 0.3) is 0 Å². The van der Waals surface area contributed by atoms with E-state index in [-0.39, 0.29) is 11.9 Å². The predicted molar refractivity (Wildman–Crippen MR) is 78.7 cm³/mol. The lowest BCUT2D eigenvalue weighted by Gasteiger charge is -2.18. The molecule has 4 heteroatoms. The molecular formula is C14H15BrFNS. The van der Waals surface area contributed by atoms with Gasteiger partial charge in [0.2, 0.25) is 0 Å². The molecule has 96 valence electrons. The van der Waals surface area contributed by atoms with Crippen molar-refractivity contribution in [2.45, 2.75) is 19.9 Å². The summed E-state index contributed by atoms with van der Waals surface area (Å²) in [4.78, 5) is 1.12. The van der Waals surface area contributed by atoms with Crippen LogP contribution in [-0.4, -0.2) is 6.54 Å². The number of nitrogens with one attached hydrogen (secondary N) is 1. The molecule has 1 aromatic carbocycles. The van der Waals surface area contributed by atoms with Crippen molar-refractivity contribution in [1.29, 1.82) is 0 Å². The van der Waals surface area contributed by atoms with Gasteiger partial charge in [-0.15, -0.1) is 11.3 Å². The SMILES string of the molecule is CCNC(c1ccc(Br)s1)c1cc(C)ccc1F. The number of rotatable bonds is 4. The zero-order chi connectivity index (χ0) is 13.1. The van der Waals surface area contributed by atoms with E-state index in [1.165, 1.54) is 6.07 Å². The monoisotopic (exact) mass is 327 g/mol. The molecule has 2 rings (SSSR count). The molecule has 0 aliphatic heterocycles. The largest absolute Gasteiger partial charge is 0.306 e. The van der Waals surface area contributed by atoms with Crippen LogP contribution in [0.1, 0.15) is 29.0 Å². The average molecular weight is 328 g/mol. The number of hydrogen-bond acceptors (Lipinski definition) is 2. The number of halogens is 2. The average Bonchev–Trinajstić information content (AvgIpc) is 2.76. The van der Waals surface area contributed by atoms with E-state index in [1.54, 1.807) is 17.4 Å². The first-order chi connectivity index (χ1) is 8.61. The lowest BCUT2D eigenvalue weighted by Crippen LogP contribution is -2.22. The van der Waals surface area contributed by atoms with Crippen LogP contribution in [0.3, 0.4) is 0 Å². The van der Waals surface area contributed by atoms with Gasteiger partial charge in [0.1, 0.15) is 5.82 Å². The minimum absolute atomic E-state index is 0.0776. The van der Waals surface area contributed by atoms with Gasteiger partial charge in [0.15, 0.2) is 0 Å². The molecule has 0 saturated carbocycles. The lowest BCUT2D eigenvalue weighted by atomic mass is 10.0. The molecule has 2 aromatic rings. The predicted octanol–water partition coefficient (Wildman–Crippen LogP) is 4.66. The molecule has 1 aromatic heterocycles. The zero-order valence-electron chi connectivity index (χ0n) is 10.3. The van der Waals surface area contributed by atoms with Crippen LogP contribution < -0.4 is 5.32 Å². The second kappa shape index (κ2) is 5.95. The summed E-state index contributed by atoms with van der Waals surface area (Å²) in [5, 5.41) is 3.35. The molecule has 1 heterocycles. The normalized spacial score (nSPS) is 12.7. The fourth-order valence-corrected chi connectivity index (χ4v) is 3.45. The Morgan fingerprint density at radius 1 is 1.33 bits per heavy atom.